The summed E-state index contributed by atoms with van der Waals surface area (Å²) in [5.41, 5.74) is 1.67. The van der Waals surface area contributed by atoms with E-state index in [2.05, 4.69) is 0 Å². The van der Waals surface area contributed by atoms with Crippen molar-refractivity contribution in [2.45, 2.75) is 25.2 Å². The third kappa shape index (κ3) is 2.36. The van der Waals surface area contributed by atoms with Gasteiger partial charge in [0.15, 0.2) is 5.78 Å². The van der Waals surface area contributed by atoms with Gasteiger partial charge in [-0.2, -0.15) is 0 Å². The average Bonchev–Trinajstić information content (AvgIpc) is 2.39. The maximum Gasteiger partial charge on any atom is 0.196 e. The van der Waals surface area contributed by atoms with Crippen LogP contribution in [-0.4, -0.2) is 5.78 Å². The van der Waals surface area contributed by atoms with Crippen molar-refractivity contribution >= 4 is 17.4 Å². The number of halogens is 2. The molecule has 1 nitrogen and oxygen atoms in total. The molecule has 0 amide bonds. The molecule has 0 bridgehead atoms. The molecule has 0 aromatic heterocycles. The first-order chi connectivity index (χ1) is 9.66. The Morgan fingerprint density at radius 1 is 1.10 bits per heavy atom. The van der Waals surface area contributed by atoms with Gasteiger partial charge in [0.1, 0.15) is 5.82 Å². The van der Waals surface area contributed by atoms with E-state index in [4.69, 9.17) is 11.6 Å². The summed E-state index contributed by atoms with van der Waals surface area (Å²) in [7, 11) is 0. The fourth-order valence-electron chi connectivity index (χ4n) is 2.60. The Hall–Kier alpha value is -1.67. The topological polar surface area (TPSA) is 17.1 Å². The number of hydrogen-bond donors (Lipinski definition) is 0. The van der Waals surface area contributed by atoms with Gasteiger partial charge in [0.2, 0.25) is 0 Å². The quantitative estimate of drug-likeness (QED) is 0.728. The monoisotopic (exact) mass is 288 g/mol. The van der Waals surface area contributed by atoms with Crippen LogP contribution in [0.15, 0.2) is 42.5 Å². The molecule has 0 heterocycles. The predicted octanol–water partition coefficient (Wildman–Crippen LogP) is 4.98. The Labute approximate surface area is 122 Å². The maximum atomic E-state index is 13.9. The molecule has 1 aliphatic rings. The van der Waals surface area contributed by atoms with E-state index in [1.165, 1.54) is 24.6 Å². The normalized spacial score (nSPS) is 14.9. The van der Waals surface area contributed by atoms with Crippen molar-refractivity contribution in [2.75, 3.05) is 0 Å². The lowest BCUT2D eigenvalue weighted by molar-refractivity contribution is 0.103. The Bertz CT molecular complexity index is 662. The molecule has 0 spiro atoms. The first kappa shape index (κ1) is 13.3. The van der Waals surface area contributed by atoms with Gasteiger partial charge in [-0.1, -0.05) is 42.3 Å². The molecule has 0 atom stereocenters. The van der Waals surface area contributed by atoms with E-state index in [0.717, 1.165) is 18.4 Å². The largest absolute Gasteiger partial charge is 0.288 e. The second-order valence-corrected chi connectivity index (χ2v) is 5.60. The molecule has 1 aliphatic carbocycles. The molecule has 20 heavy (non-hydrogen) atoms. The summed E-state index contributed by atoms with van der Waals surface area (Å²) >= 11 is 5.87. The minimum absolute atomic E-state index is 0.0456. The van der Waals surface area contributed by atoms with Crippen LogP contribution < -0.4 is 0 Å². The van der Waals surface area contributed by atoms with E-state index in [1.54, 1.807) is 6.07 Å². The lowest BCUT2D eigenvalue weighted by atomic mass is 9.77. The highest BCUT2D eigenvalue weighted by atomic mass is 35.5. The van der Waals surface area contributed by atoms with Gasteiger partial charge < -0.3 is 0 Å². The first-order valence-corrected chi connectivity index (χ1v) is 7.13. The van der Waals surface area contributed by atoms with Crippen LogP contribution in [-0.2, 0) is 0 Å². The van der Waals surface area contributed by atoms with Crippen molar-refractivity contribution < 1.29 is 9.18 Å². The van der Waals surface area contributed by atoms with Crippen molar-refractivity contribution in [3.63, 3.8) is 0 Å². The Morgan fingerprint density at radius 3 is 2.55 bits per heavy atom. The molecular weight excluding hydrogens is 275 g/mol. The molecule has 0 radical (unpaired) electrons. The van der Waals surface area contributed by atoms with Crippen LogP contribution in [0.5, 0.6) is 0 Å². The van der Waals surface area contributed by atoms with Gasteiger partial charge in [-0.05, 0) is 42.5 Å². The van der Waals surface area contributed by atoms with E-state index < -0.39 is 5.82 Å². The smallest absolute Gasteiger partial charge is 0.196 e. The number of carbonyl (C=O) groups excluding carboxylic acids is 1. The zero-order valence-corrected chi connectivity index (χ0v) is 11.7. The summed E-state index contributed by atoms with van der Waals surface area (Å²) in [6.45, 7) is 0. The Balaban J connectivity index is 2.04. The van der Waals surface area contributed by atoms with Gasteiger partial charge in [-0.25, -0.2) is 4.39 Å². The fourth-order valence-corrected chi connectivity index (χ4v) is 2.77. The van der Waals surface area contributed by atoms with Gasteiger partial charge in [0, 0.05) is 10.6 Å². The second kappa shape index (κ2) is 5.37. The van der Waals surface area contributed by atoms with Crippen LogP contribution in [0.4, 0.5) is 4.39 Å². The standard InChI is InChI=1S/C17H14ClFO/c18-12-8-9-16(19)15(10-12)17(20)14-7-2-1-6-13(14)11-4-3-5-11/h1-2,6-11H,3-5H2. The lowest BCUT2D eigenvalue weighted by Crippen LogP contribution is -2.15. The minimum atomic E-state index is -0.525. The lowest BCUT2D eigenvalue weighted by Gasteiger charge is -2.27. The average molecular weight is 289 g/mol. The highest BCUT2D eigenvalue weighted by Gasteiger charge is 2.25. The van der Waals surface area contributed by atoms with E-state index in [1.807, 2.05) is 18.2 Å². The summed E-state index contributed by atoms with van der Waals surface area (Å²) in [5, 5.41) is 0.371. The molecule has 0 unspecified atom stereocenters. The van der Waals surface area contributed by atoms with E-state index >= 15 is 0 Å². The molecular formula is C17H14ClFO. The van der Waals surface area contributed by atoms with E-state index in [9.17, 15) is 9.18 Å². The summed E-state index contributed by atoms with van der Waals surface area (Å²) < 4.78 is 13.9. The van der Waals surface area contributed by atoms with Crippen molar-refractivity contribution in [1.82, 2.24) is 0 Å². The van der Waals surface area contributed by atoms with Gasteiger partial charge in [-0.15, -0.1) is 0 Å². The Kier molecular flexibility index (Phi) is 3.58. The molecule has 0 N–H and O–H groups in total. The number of hydrogen-bond acceptors (Lipinski definition) is 1. The first-order valence-electron chi connectivity index (χ1n) is 6.75. The van der Waals surface area contributed by atoms with Crippen LogP contribution in [0.2, 0.25) is 5.02 Å². The molecule has 2 aromatic rings. The van der Waals surface area contributed by atoms with Crippen LogP contribution in [0.25, 0.3) is 0 Å². The number of benzene rings is 2. The molecule has 0 aliphatic heterocycles. The molecule has 3 rings (SSSR count). The zero-order chi connectivity index (χ0) is 14.1. The SMILES string of the molecule is O=C(c1cc(Cl)ccc1F)c1ccccc1C1CCC1. The molecule has 102 valence electrons. The van der Waals surface area contributed by atoms with Crippen LogP contribution in [0, 0.1) is 5.82 Å². The van der Waals surface area contributed by atoms with E-state index in [-0.39, 0.29) is 11.3 Å². The van der Waals surface area contributed by atoms with Crippen molar-refractivity contribution in [1.29, 1.82) is 0 Å². The number of ketones is 1. The van der Waals surface area contributed by atoms with Gasteiger partial charge >= 0.3 is 0 Å². The van der Waals surface area contributed by atoms with Crippen molar-refractivity contribution in [3.05, 3.63) is 70.0 Å². The van der Waals surface area contributed by atoms with Gasteiger partial charge in [0.25, 0.3) is 0 Å². The predicted molar refractivity (Wildman–Crippen MR) is 77.9 cm³/mol. The fraction of sp³-hybridized carbons (Fsp3) is 0.235. The molecule has 1 fully saturated rings. The van der Waals surface area contributed by atoms with Gasteiger partial charge in [0.05, 0.1) is 5.56 Å². The van der Waals surface area contributed by atoms with Crippen LogP contribution in [0.1, 0.15) is 46.7 Å². The van der Waals surface area contributed by atoms with Crippen LogP contribution in [0.3, 0.4) is 0 Å². The molecule has 3 heteroatoms. The molecule has 1 saturated carbocycles. The van der Waals surface area contributed by atoms with Crippen LogP contribution >= 0.6 is 11.6 Å². The maximum absolute atomic E-state index is 13.9. The third-order valence-electron chi connectivity index (χ3n) is 3.92. The van der Waals surface area contributed by atoms with Crippen molar-refractivity contribution in [2.24, 2.45) is 0 Å². The molecule has 2 aromatic carbocycles. The highest BCUT2D eigenvalue weighted by Crippen LogP contribution is 2.38. The summed E-state index contributed by atoms with van der Waals surface area (Å²) in [6.07, 6.45) is 3.39. The minimum Gasteiger partial charge on any atom is -0.288 e. The van der Waals surface area contributed by atoms with E-state index in [0.29, 0.717) is 16.5 Å². The Morgan fingerprint density at radius 2 is 1.85 bits per heavy atom. The summed E-state index contributed by atoms with van der Waals surface area (Å²) in [6, 6.07) is 11.6. The number of rotatable bonds is 3. The highest BCUT2D eigenvalue weighted by molar-refractivity contribution is 6.31. The number of carbonyl (C=O) groups is 1. The third-order valence-corrected chi connectivity index (χ3v) is 4.16. The summed E-state index contributed by atoms with van der Waals surface area (Å²) in [4.78, 5) is 12.6. The second-order valence-electron chi connectivity index (χ2n) is 5.17. The zero-order valence-electron chi connectivity index (χ0n) is 10.9. The molecule has 0 saturated heterocycles. The van der Waals surface area contributed by atoms with Crippen molar-refractivity contribution in [3.8, 4) is 0 Å². The summed E-state index contributed by atoms with van der Waals surface area (Å²) in [5.74, 6) is -0.382. The van der Waals surface area contributed by atoms with Gasteiger partial charge in [-0.3, -0.25) is 4.79 Å².